The molecule has 0 spiro atoms. The van der Waals surface area contributed by atoms with Gasteiger partial charge in [0.05, 0.1) is 11.6 Å². The second kappa shape index (κ2) is 4.86. The Morgan fingerprint density at radius 2 is 2.31 bits per heavy atom. The minimum atomic E-state index is 0.246. The van der Waals surface area contributed by atoms with Gasteiger partial charge in [0.1, 0.15) is 0 Å². The zero-order valence-electron chi connectivity index (χ0n) is 8.86. The molecule has 1 atom stereocenters. The Labute approximate surface area is 103 Å². The van der Waals surface area contributed by atoms with Gasteiger partial charge < -0.3 is 10.0 Å². The van der Waals surface area contributed by atoms with Crippen LogP contribution in [0.2, 0.25) is 0 Å². The quantitative estimate of drug-likeness (QED) is 0.903. The molecule has 0 aliphatic carbocycles. The second-order valence-electron chi connectivity index (χ2n) is 4.09. The average molecular weight is 281 g/mol. The van der Waals surface area contributed by atoms with Crippen LogP contribution in [0.25, 0.3) is 0 Å². The highest BCUT2D eigenvalue weighted by molar-refractivity contribution is 9.10. The summed E-state index contributed by atoms with van der Waals surface area (Å²) in [7, 11) is 0. The van der Waals surface area contributed by atoms with Crippen LogP contribution < -0.4 is 4.90 Å². The Balaban J connectivity index is 2.21. The Morgan fingerprint density at radius 1 is 1.50 bits per heavy atom. The molecule has 84 valence electrons. The first kappa shape index (κ1) is 11.4. The number of rotatable bonds is 2. The lowest BCUT2D eigenvalue weighted by molar-refractivity contribution is 0.238. The van der Waals surface area contributed by atoms with Gasteiger partial charge in [-0.3, -0.25) is 0 Å². The van der Waals surface area contributed by atoms with Gasteiger partial charge in [-0.25, -0.2) is 0 Å². The van der Waals surface area contributed by atoms with Crippen LogP contribution in [0, 0.1) is 17.2 Å². The molecule has 1 fully saturated rings. The molecular formula is C12H13BrN2O. The lowest BCUT2D eigenvalue weighted by atomic mass is 10.1. The minimum absolute atomic E-state index is 0.246. The fourth-order valence-electron chi connectivity index (χ4n) is 2.04. The van der Waals surface area contributed by atoms with E-state index in [9.17, 15) is 0 Å². The minimum Gasteiger partial charge on any atom is -0.396 e. The van der Waals surface area contributed by atoms with E-state index in [0.717, 1.165) is 29.7 Å². The van der Waals surface area contributed by atoms with Crippen molar-refractivity contribution in [2.45, 2.75) is 6.42 Å². The van der Waals surface area contributed by atoms with E-state index < -0.39 is 0 Å². The molecule has 2 rings (SSSR count). The van der Waals surface area contributed by atoms with Crippen molar-refractivity contribution < 1.29 is 5.11 Å². The fraction of sp³-hybridized carbons (Fsp3) is 0.417. The van der Waals surface area contributed by atoms with Crippen LogP contribution in [0.1, 0.15) is 12.0 Å². The van der Waals surface area contributed by atoms with Gasteiger partial charge in [0, 0.05) is 35.8 Å². The third-order valence-electron chi connectivity index (χ3n) is 2.92. The van der Waals surface area contributed by atoms with E-state index in [0.29, 0.717) is 11.5 Å². The summed E-state index contributed by atoms with van der Waals surface area (Å²) in [6.07, 6.45) is 1.02. The van der Waals surface area contributed by atoms with Gasteiger partial charge in [0.2, 0.25) is 0 Å². The number of aliphatic hydroxyl groups excluding tert-OH is 1. The van der Waals surface area contributed by atoms with Crippen molar-refractivity contribution in [2.24, 2.45) is 5.92 Å². The number of nitriles is 1. The van der Waals surface area contributed by atoms with Gasteiger partial charge in [-0.15, -0.1) is 0 Å². The van der Waals surface area contributed by atoms with Gasteiger partial charge >= 0.3 is 0 Å². The molecule has 1 saturated heterocycles. The van der Waals surface area contributed by atoms with Crippen molar-refractivity contribution in [1.29, 1.82) is 5.26 Å². The highest BCUT2D eigenvalue weighted by Gasteiger charge is 2.22. The van der Waals surface area contributed by atoms with Crippen LogP contribution in [0.3, 0.4) is 0 Å². The van der Waals surface area contributed by atoms with Gasteiger partial charge in [-0.05, 0) is 24.6 Å². The van der Waals surface area contributed by atoms with Crippen molar-refractivity contribution >= 4 is 21.6 Å². The zero-order chi connectivity index (χ0) is 11.5. The first-order valence-corrected chi connectivity index (χ1v) is 6.08. The molecule has 1 aliphatic rings. The Bertz CT molecular complexity index is 428. The van der Waals surface area contributed by atoms with Gasteiger partial charge in [0.15, 0.2) is 0 Å². The summed E-state index contributed by atoms with van der Waals surface area (Å²) in [4.78, 5) is 2.21. The summed E-state index contributed by atoms with van der Waals surface area (Å²) in [5.41, 5.74) is 1.72. The van der Waals surface area contributed by atoms with E-state index in [2.05, 4.69) is 26.9 Å². The molecule has 1 aromatic carbocycles. The Kier molecular flexibility index (Phi) is 3.47. The highest BCUT2D eigenvalue weighted by Crippen LogP contribution is 2.27. The monoisotopic (exact) mass is 280 g/mol. The molecule has 1 heterocycles. The maximum Gasteiger partial charge on any atom is 0.0992 e. The summed E-state index contributed by atoms with van der Waals surface area (Å²) in [5, 5.41) is 18.0. The maximum absolute atomic E-state index is 9.10. The third kappa shape index (κ3) is 2.37. The van der Waals surface area contributed by atoms with Crippen molar-refractivity contribution in [3.63, 3.8) is 0 Å². The molecule has 1 unspecified atom stereocenters. The molecule has 0 amide bonds. The smallest absolute Gasteiger partial charge is 0.0992 e. The molecule has 1 N–H and O–H groups in total. The standard InChI is InChI=1S/C12H13BrN2O/c13-11-3-10(6-14)4-12(5-11)15-2-1-9(7-15)8-16/h3-5,9,16H,1-2,7-8H2. The van der Waals surface area contributed by atoms with Crippen molar-refractivity contribution in [2.75, 3.05) is 24.6 Å². The summed E-state index contributed by atoms with van der Waals surface area (Å²) >= 11 is 3.41. The highest BCUT2D eigenvalue weighted by atomic mass is 79.9. The van der Waals surface area contributed by atoms with Gasteiger partial charge in [0.25, 0.3) is 0 Å². The number of nitrogens with zero attached hydrogens (tertiary/aromatic N) is 2. The summed E-state index contributed by atoms with van der Waals surface area (Å²) in [6.45, 7) is 2.07. The summed E-state index contributed by atoms with van der Waals surface area (Å²) in [6, 6.07) is 7.87. The van der Waals surface area contributed by atoms with Gasteiger partial charge in [-0.2, -0.15) is 5.26 Å². The van der Waals surface area contributed by atoms with E-state index in [1.807, 2.05) is 18.2 Å². The number of hydrogen-bond donors (Lipinski definition) is 1. The molecule has 0 radical (unpaired) electrons. The van der Waals surface area contributed by atoms with E-state index in [4.69, 9.17) is 10.4 Å². The molecular weight excluding hydrogens is 268 g/mol. The zero-order valence-corrected chi connectivity index (χ0v) is 10.4. The molecule has 0 aromatic heterocycles. The number of benzene rings is 1. The van der Waals surface area contributed by atoms with Crippen LogP contribution in [-0.4, -0.2) is 24.8 Å². The molecule has 3 nitrogen and oxygen atoms in total. The number of aliphatic hydroxyl groups is 1. The first-order chi connectivity index (χ1) is 7.72. The van der Waals surface area contributed by atoms with E-state index in [-0.39, 0.29) is 6.61 Å². The predicted octanol–water partition coefficient (Wildman–Crippen LogP) is 2.14. The molecule has 0 saturated carbocycles. The number of anilines is 1. The topological polar surface area (TPSA) is 47.3 Å². The lowest BCUT2D eigenvalue weighted by Gasteiger charge is -2.19. The van der Waals surface area contributed by atoms with Crippen molar-refractivity contribution in [3.05, 3.63) is 28.2 Å². The van der Waals surface area contributed by atoms with Crippen molar-refractivity contribution in [1.82, 2.24) is 0 Å². The second-order valence-corrected chi connectivity index (χ2v) is 5.01. The number of halogens is 1. The van der Waals surface area contributed by atoms with Crippen LogP contribution in [-0.2, 0) is 0 Å². The van der Waals surface area contributed by atoms with Crippen LogP contribution in [0.4, 0.5) is 5.69 Å². The normalized spacial score (nSPS) is 19.8. The predicted molar refractivity (Wildman–Crippen MR) is 66.3 cm³/mol. The van der Waals surface area contributed by atoms with E-state index >= 15 is 0 Å². The van der Waals surface area contributed by atoms with Crippen molar-refractivity contribution in [3.8, 4) is 6.07 Å². The largest absolute Gasteiger partial charge is 0.396 e. The molecule has 4 heteroatoms. The fourth-order valence-corrected chi connectivity index (χ4v) is 2.52. The lowest BCUT2D eigenvalue weighted by Crippen LogP contribution is -2.20. The van der Waals surface area contributed by atoms with E-state index in [1.54, 1.807) is 0 Å². The van der Waals surface area contributed by atoms with Crippen LogP contribution in [0.5, 0.6) is 0 Å². The van der Waals surface area contributed by atoms with E-state index in [1.165, 1.54) is 0 Å². The Morgan fingerprint density at radius 3 is 2.94 bits per heavy atom. The Hall–Kier alpha value is -1.05. The molecule has 16 heavy (non-hydrogen) atoms. The first-order valence-electron chi connectivity index (χ1n) is 5.29. The third-order valence-corrected chi connectivity index (χ3v) is 3.38. The molecule has 1 aromatic rings. The van der Waals surface area contributed by atoms with Gasteiger partial charge in [-0.1, -0.05) is 15.9 Å². The molecule has 1 aliphatic heterocycles. The maximum atomic E-state index is 9.10. The summed E-state index contributed by atoms with van der Waals surface area (Å²) in [5.74, 6) is 0.365. The summed E-state index contributed by atoms with van der Waals surface area (Å²) < 4.78 is 0.925. The molecule has 0 bridgehead atoms. The van der Waals surface area contributed by atoms with Crippen LogP contribution >= 0.6 is 15.9 Å². The SMILES string of the molecule is N#Cc1cc(Br)cc(N2CCC(CO)C2)c1. The average Bonchev–Trinajstić information content (AvgIpc) is 2.76. The number of hydrogen-bond acceptors (Lipinski definition) is 3. The van der Waals surface area contributed by atoms with Crippen LogP contribution in [0.15, 0.2) is 22.7 Å².